The predicted octanol–water partition coefficient (Wildman–Crippen LogP) is 1.62. The standard InChI is InChI=1S/C10H18N2.2C2HN3/c1-3-4-5-6-7-10-11-8-9-12(10)2;2*3-1-5-2-4/h8-9H,3-7H2,1-2H3;2*5H. The fourth-order valence-electron chi connectivity index (χ4n) is 1.40. The maximum Gasteiger partial charge on any atom is 0.190 e. The number of aryl methyl sites for hydroxylation is 2. The van der Waals surface area contributed by atoms with Gasteiger partial charge in [0.15, 0.2) is 24.8 Å². The third-order valence-electron chi connectivity index (χ3n) is 2.40. The Bertz CT molecular complexity index is 485. The molecule has 0 bridgehead atoms. The van der Waals surface area contributed by atoms with Crippen molar-refractivity contribution in [1.82, 2.24) is 20.2 Å². The zero-order valence-electron chi connectivity index (χ0n) is 12.9. The number of nitriles is 4. The molecule has 1 rings (SSSR count). The lowest BCUT2D eigenvalue weighted by molar-refractivity contribution is 0.639. The van der Waals surface area contributed by atoms with E-state index in [1.165, 1.54) is 56.3 Å². The Balaban J connectivity index is 0. The number of nitrogens with zero attached hydrogens (tertiary/aromatic N) is 6. The van der Waals surface area contributed by atoms with Gasteiger partial charge >= 0.3 is 0 Å². The lowest BCUT2D eigenvalue weighted by Gasteiger charge is -2.00. The number of aromatic nitrogens is 2. The van der Waals surface area contributed by atoms with Gasteiger partial charge in [-0.3, -0.25) is 0 Å². The molecule has 0 radical (unpaired) electrons. The van der Waals surface area contributed by atoms with Crippen molar-refractivity contribution in [3.8, 4) is 24.8 Å². The second-order valence-electron chi connectivity index (χ2n) is 3.96. The number of hydrogen-bond acceptors (Lipinski definition) is 7. The van der Waals surface area contributed by atoms with E-state index in [1.807, 2.05) is 12.4 Å². The topological polar surface area (TPSA) is 137 Å². The molecule has 0 aromatic carbocycles. The van der Waals surface area contributed by atoms with Crippen LogP contribution in [0.15, 0.2) is 12.4 Å². The van der Waals surface area contributed by atoms with Gasteiger partial charge in [0.2, 0.25) is 0 Å². The van der Waals surface area contributed by atoms with Gasteiger partial charge in [-0.2, -0.15) is 21.0 Å². The van der Waals surface area contributed by atoms with Gasteiger partial charge in [-0.15, -0.1) is 0 Å². The van der Waals surface area contributed by atoms with E-state index in [2.05, 4.69) is 23.5 Å². The Labute approximate surface area is 131 Å². The monoisotopic (exact) mass is 300 g/mol. The van der Waals surface area contributed by atoms with Crippen molar-refractivity contribution in [3.63, 3.8) is 0 Å². The second kappa shape index (κ2) is 17.8. The summed E-state index contributed by atoms with van der Waals surface area (Å²) in [6.45, 7) is 2.24. The minimum atomic E-state index is 1.13. The van der Waals surface area contributed by atoms with Gasteiger partial charge in [0.05, 0.1) is 0 Å². The van der Waals surface area contributed by atoms with Crippen molar-refractivity contribution >= 4 is 0 Å². The highest BCUT2D eigenvalue weighted by molar-refractivity contribution is 4.90. The molecule has 0 aliphatic heterocycles. The van der Waals surface area contributed by atoms with Crippen molar-refractivity contribution < 1.29 is 0 Å². The smallest absolute Gasteiger partial charge is 0.190 e. The molecule has 0 atom stereocenters. The first-order valence-electron chi connectivity index (χ1n) is 6.70. The number of imidazole rings is 1. The SMILES string of the molecule is CCCCCCc1nccn1C.N#CNC#N.N#CNC#N. The van der Waals surface area contributed by atoms with E-state index in [9.17, 15) is 0 Å². The average molecular weight is 300 g/mol. The van der Waals surface area contributed by atoms with Crippen molar-refractivity contribution in [2.75, 3.05) is 0 Å². The van der Waals surface area contributed by atoms with Crippen molar-refractivity contribution in [3.05, 3.63) is 18.2 Å². The Morgan fingerprint density at radius 3 is 1.86 bits per heavy atom. The third-order valence-corrected chi connectivity index (χ3v) is 2.40. The molecule has 0 amide bonds. The first-order chi connectivity index (χ1) is 10.7. The lowest BCUT2D eigenvalue weighted by Crippen LogP contribution is -1.96. The average Bonchev–Trinajstić information content (AvgIpc) is 2.92. The fraction of sp³-hybridized carbons (Fsp3) is 0.500. The summed E-state index contributed by atoms with van der Waals surface area (Å²) in [6, 6.07) is 0. The Morgan fingerprint density at radius 1 is 1.00 bits per heavy atom. The molecule has 1 aromatic rings. The van der Waals surface area contributed by atoms with Crippen LogP contribution in [-0.4, -0.2) is 9.55 Å². The van der Waals surface area contributed by atoms with Crippen LogP contribution >= 0.6 is 0 Å². The van der Waals surface area contributed by atoms with Gasteiger partial charge in [0.1, 0.15) is 5.82 Å². The molecule has 1 heterocycles. The molecule has 22 heavy (non-hydrogen) atoms. The largest absolute Gasteiger partial charge is 0.338 e. The van der Waals surface area contributed by atoms with Crippen LogP contribution in [-0.2, 0) is 13.5 Å². The molecule has 8 heteroatoms. The summed E-state index contributed by atoms with van der Waals surface area (Å²) in [7, 11) is 2.06. The molecule has 0 spiro atoms. The first-order valence-corrected chi connectivity index (χ1v) is 6.70. The summed E-state index contributed by atoms with van der Waals surface area (Å²) >= 11 is 0. The van der Waals surface area contributed by atoms with Crippen molar-refractivity contribution in [2.45, 2.75) is 39.0 Å². The van der Waals surface area contributed by atoms with Gasteiger partial charge in [0.25, 0.3) is 0 Å². The summed E-state index contributed by atoms with van der Waals surface area (Å²) < 4.78 is 2.10. The molecule has 0 unspecified atom stereocenters. The number of hydrogen-bond donors (Lipinski definition) is 2. The predicted molar refractivity (Wildman–Crippen MR) is 79.8 cm³/mol. The van der Waals surface area contributed by atoms with E-state index in [1.54, 1.807) is 10.6 Å². The summed E-state index contributed by atoms with van der Waals surface area (Å²) in [5.41, 5.74) is 0. The van der Waals surface area contributed by atoms with Crippen LogP contribution in [0.1, 0.15) is 38.4 Å². The molecule has 0 saturated carbocycles. The molecule has 0 aliphatic carbocycles. The minimum absolute atomic E-state index is 1.13. The van der Waals surface area contributed by atoms with Gasteiger partial charge < -0.3 is 4.57 Å². The Kier molecular flexibility index (Phi) is 17.0. The number of rotatable bonds is 5. The molecule has 0 aliphatic rings. The molecule has 0 saturated heterocycles. The van der Waals surface area contributed by atoms with Gasteiger partial charge in [-0.05, 0) is 6.42 Å². The van der Waals surface area contributed by atoms with Crippen molar-refractivity contribution in [1.29, 1.82) is 21.0 Å². The zero-order valence-corrected chi connectivity index (χ0v) is 12.9. The molecular weight excluding hydrogens is 280 g/mol. The van der Waals surface area contributed by atoms with Crippen LogP contribution < -0.4 is 10.6 Å². The molecule has 2 N–H and O–H groups in total. The molecule has 116 valence electrons. The maximum absolute atomic E-state index is 7.48. The van der Waals surface area contributed by atoms with E-state index in [0.29, 0.717) is 0 Å². The van der Waals surface area contributed by atoms with E-state index in [4.69, 9.17) is 21.0 Å². The van der Waals surface area contributed by atoms with Gasteiger partial charge in [-0.25, -0.2) is 15.6 Å². The third kappa shape index (κ3) is 14.8. The van der Waals surface area contributed by atoms with Crippen LogP contribution in [0.25, 0.3) is 0 Å². The van der Waals surface area contributed by atoms with Crippen LogP contribution in [0.5, 0.6) is 0 Å². The Morgan fingerprint density at radius 2 is 1.55 bits per heavy atom. The highest BCUT2D eigenvalue weighted by Crippen LogP contribution is 2.04. The Hall–Kier alpha value is -3.23. The molecule has 0 fully saturated rings. The van der Waals surface area contributed by atoms with E-state index < -0.39 is 0 Å². The lowest BCUT2D eigenvalue weighted by atomic mass is 10.1. The van der Waals surface area contributed by atoms with Gasteiger partial charge in [0, 0.05) is 25.9 Å². The second-order valence-corrected chi connectivity index (χ2v) is 3.96. The van der Waals surface area contributed by atoms with Gasteiger partial charge in [-0.1, -0.05) is 26.2 Å². The summed E-state index contributed by atoms with van der Waals surface area (Å²) in [5, 5.41) is 33.4. The van der Waals surface area contributed by atoms with Crippen molar-refractivity contribution in [2.24, 2.45) is 7.05 Å². The zero-order chi connectivity index (χ0) is 17.1. The number of unbranched alkanes of at least 4 members (excludes halogenated alkanes) is 3. The van der Waals surface area contributed by atoms with E-state index in [-0.39, 0.29) is 0 Å². The highest BCUT2D eigenvalue weighted by Gasteiger charge is 1.97. The van der Waals surface area contributed by atoms with Crippen LogP contribution in [0.3, 0.4) is 0 Å². The fourth-order valence-corrected chi connectivity index (χ4v) is 1.40. The van der Waals surface area contributed by atoms with Crippen LogP contribution in [0, 0.1) is 45.8 Å². The van der Waals surface area contributed by atoms with Crippen LogP contribution in [0.4, 0.5) is 0 Å². The summed E-state index contributed by atoms with van der Waals surface area (Å²) in [5.74, 6) is 1.21. The summed E-state index contributed by atoms with van der Waals surface area (Å²) in [6.07, 6.45) is 15.9. The van der Waals surface area contributed by atoms with E-state index in [0.717, 1.165) is 6.42 Å². The normalized spacial score (nSPS) is 7.36. The first kappa shape index (κ1) is 21.1. The quantitative estimate of drug-likeness (QED) is 0.478. The van der Waals surface area contributed by atoms with E-state index >= 15 is 0 Å². The highest BCUT2D eigenvalue weighted by atomic mass is 15.0. The molecular formula is C14H20N8. The number of nitrogens with one attached hydrogen (secondary N) is 2. The molecule has 8 nitrogen and oxygen atoms in total. The van der Waals surface area contributed by atoms with Crippen LogP contribution in [0.2, 0.25) is 0 Å². The maximum atomic E-state index is 7.48. The summed E-state index contributed by atoms with van der Waals surface area (Å²) in [4.78, 5) is 4.28. The molecule has 1 aromatic heterocycles. The minimum Gasteiger partial charge on any atom is -0.338 e.